The number of anilines is 2. The van der Waals surface area contributed by atoms with Gasteiger partial charge in [0.1, 0.15) is 0 Å². The minimum atomic E-state index is -1.06. The van der Waals surface area contributed by atoms with E-state index in [9.17, 15) is 14.4 Å². The van der Waals surface area contributed by atoms with Gasteiger partial charge in [-0.2, -0.15) is 0 Å². The number of carbonyl (C=O) groups is 3. The van der Waals surface area contributed by atoms with Gasteiger partial charge in [-0.15, -0.1) is 0 Å². The van der Waals surface area contributed by atoms with E-state index in [0.717, 1.165) is 16.8 Å². The van der Waals surface area contributed by atoms with Crippen molar-refractivity contribution in [2.45, 2.75) is 20.3 Å². The summed E-state index contributed by atoms with van der Waals surface area (Å²) in [5.41, 5.74) is 3.46. The third-order valence-corrected chi connectivity index (χ3v) is 4.74. The van der Waals surface area contributed by atoms with E-state index in [1.165, 1.54) is 12.1 Å². The average molecular weight is 352 g/mol. The highest BCUT2D eigenvalue weighted by molar-refractivity contribution is 6.04. The minimum absolute atomic E-state index is 0.0851. The summed E-state index contributed by atoms with van der Waals surface area (Å²) < 4.78 is 0. The molecule has 1 aliphatic rings. The lowest BCUT2D eigenvalue weighted by Crippen LogP contribution is -2.28. The van der Waals surface area contributed by atoms with Crippen LogP contribution in [-0.2, 0) is 9.59 Å². The van der Waals surface area contributed by atoms with Gasteiger partial charge in [-0.05, 0) is 49.2 Å². The number of hydrogen-bond donors (Lipinski definition) is 2. The number of aryl methyl sites for hydroxylation is 1. The molecular formula is C20H20N2O4. The van der Waals surface area contributed by atoms with Gasteiger partial charge in [-0.25, -0.2) is 4.79 Å². The second kappa shape index (κ2) is 7.00. The third-order valence-electron chi connectivity index (χ3n) is 4.74. The van der Waals surface area contributed by atoms with Gasteiger partial charge in [0, 0.05) is 24.3 Å². The molecule has 26 heavy (non-hydrogen) atoms. The largest absolute Gasteiger partial charge is 0.478 e. The monoisotopic (exact) mass is 352 g/mol. The molecule has 0 unspecified atom stereocenters. The first-order valence-electron chi connectivity index (χ1n) is 8.37. The second-order valence-corrected chi connectivity index (χ2v) is 6.50. The summed E-state index contributed by atoms with van der Waals surface area (Å²) in [7, 11) is 0. The quantitative estimate of drug-likeness (QED) is 0.886. The molecule has 134 valence electrons. The van der Waals surface area contributed by atoms with Crippen LogP contribution in [0.15, 0.2) is 42.5 Å². The first-order valence-corrected chi connectivity index (χ1v) is 8.37. The van der Waals surface area contributed by atoms with Crippen LogP contribution in [0.1, 0.15) is 27.9 Å². The Labute approximate surface area is 151 Å². The van der Waals surface area contributed by atoms with Crippen molar-refractivity contribution in [3.05, 3.63) is 59.2 Å². The minimum Gasteiger partial charge on any atom is -0.478 e. The highest BCUT2D eigenvalue weighted by Crippen LogP contribution is 2.30. The van der Waals surface area contributed by atoms with Crippen molar-refractivity contribution in [1.29, 1.82) is 0 Å². The van der Waals surface area contributed by atoms with Crippen LogP contribution < -0.4 is 10.2 Å². The van der Waals surface area contributed by atoms with Crippen LogP contribution in [-0.4, -0.2) is 29.4 Å². The average Bonchev–Trinajstić information content (AvgIpc) is 2.99. The van der Waals surface area contributed by atoms with Crippen LogP contribution in [0.4, 0.5) is 11.4 Å². The van der Waals surface area contributed by atoms with Crippen molar-refractivity contribution >= 4 is 29.2 Å². The molecule has 2 amide bonds. The molecule has 1 fully saturated rings. The van der Waals surface area contributed by atoms with Gasteiger partial charge in [-0.3, -0.25) is 9.59 Å². The number of aromatic carboxylic acids is 1. The predicted molar refractivity (Wildman–Crippen MR) is 98.4 cm³/mol. The molecule has 0 aromatic heterocycles. The molecule has 1 saturated heterocycles. The number of nitrogens with zero attached hydrogens (tertiary/aromatic N) is 1. The second-order valence-electron chi connectivity index (χ2n) is 6.50. The van der Waals surface area contributed by atoms with Gasteiger partial charge in [0.05, 0.1) is 11.5 Å². The Morgan fingerprint density at radius 1 is 1.15 bits per heavy atom. The number of benzene rings is 2. The van der Waals surface area contributed by atoms with Crippen molar-refractivity contribution in [2.75, 3.05) is 16.8 Å². The summed E-state index contributed by atoms with van der Waals surface area (Å²) in [6, 6.07) is 11.8. The van der Waals surface area contributed by atoms with Crippen LogP contribution in [0, 0.1) is 19.8 Å². The third kappa shape index (κ3) is 3.44. The van der Waals surface area contributed by atoms with E-state index >= 15 is 0 Å². The summed E-state index contributed by atoms with van der Waals surface area (Å²) in [4.78, 5) is 37.6. The Morgan fingerprint density at radius 2 is 1.88 bits per heavy atom. The molecule has 3 rings (SSSR count). The van der Waals surface area contributed by atoms with Crippen LogP contribution >= 0.6 is 0 Å². The number of rotatable bonds is 4. The van der Waals surface area contributed by atoms with Crippen LogP contribution in [0.25, 0.3) is 0 Å². The maximum atomic E-state index is 12.5. The number of amides is 2. The molecule has 6 nitrogen and oxygen atoms in total. The SMILES string of the molecule is Cc1cccc(N2C[C@H](C(=O)Nc3cccc(C(=O)O)c3)CC2=O)c1C. The smallest absolute Gasteiger partial charge is 0.335 e. The van der Waals surface area contributed by atoms with E-state index in [-0.39, 0.29) is 23.8 Å². The Morgan fingerprint density at radius 3 is 2.62 bits per heavy atom. The van der Waals surface area contributed by atoms with E-state index in [1.807, 2.05) is 32.0 Å². The Hall–Kier alpha value is -3.15. The van der Waals surface area contributed by atoms with E-state index in [4.69, 9.17) is 5.11 Å². The van der Waals surface area contributed by atoms with E-state index in [1.54, 1.807) is 17.0 Å². The van der Waals surface area contributed by atoms with Crippen LogP contribution in [0.2, 0.25) is 0 Å². The van der Waals surface area contributed by atoms with Crippen molar-refractivity contribution in [3.8, 4) is 0 Å². The van der Waals surface area contributed by atoms with Crippen molar-refractivity contribution in [2.24, 2.45) is 5.92 Å². The fourth-order valence-corrected chi connectivity index (χ4v) is 3.12. The Balaban J connectivity index is 1.74. The lowest BCUT2D eigenvalue weighted by atomic mass is 10.1. The lowest BCUT2D eigenvalue weighted by molar-refractivity contribution is -0.122. The number of nitrogens with one attached hydrogen (secondary N) is 1. The molecule has 0 spiro atoms. The van der Waals surface area contributed by atoms with Gasteiger partial charge in [0.25, 0.3) is 0 Å². The first kappa shape index (κ1) is 17.7. The fraction of sp³-hybridized carbons (Fsp3) is 0.250. The molecule has 0 saturated carbocycles. The van der Waals surface area contributed by atoms with E-state index < -0.39 is 11.9 Å². The zero-order valence-electron chi connectivity index (χ0n) is 14.7. The normalized spacial score (nSPS) is 16.6. The number of carbonyl (C=O) groups excluding carboxylic acids is 2. The molecule has 1 aliphatic heterocycles. The van der Waals surface area contributed by atoms with Crippen LogP contribution in [0.3, 0.4) is 0 Å². The van der Waals surface area contributed by atoms with Gasteiger partial charge in [0.2, 0.25) is 11.8 Å². The Bertz CT molecular complexity index is 891. The van der Waals surface area contributed by atoms with E-state index in [0.29, 0.717) is 12.2 Å². The van der Waals surface area contributed by atoms with Gasteiger partial charge in [0.15, 0.2) is 0 Å². The topological polar surface area (TPSA) is 86.7 Å². The molecule has 0 aliphatic carbocycles. The summed E-state index contributed by atoms with van der Waals surface area (Å²) in [6.07, 6.45) is 0.137. The molecule has 2 aromatic rings. The highest BCUT2D eigenvalue weighted by atomic mass is 16.4. The summed E-state index contributed by atoms with van der Waals surface area (Å²) in [5.74, 6) is -1.90. The summed E-state index contributed by atoms with van der Waals surface area (Å²) >= 11 is 0. The van der Waals surface area contributed by atoms with Crippen molar-refractivity contribution < 1.29 is 19.5 Å². The highest BCUT2D eigenvalue weighted by Gasteiger charge is 2.35. The van der Waals surface area contributed by atoms with Crippen LogP contribution in [0.5, 0.6) is 0 Å². The van der Waals surface area contributed by atoms with Crippen molar-refractivity contribution in [3.63, 3.8) is 0 Å². The van der Waals surface area contributed by atoms with Gasteiger partial charge in [-0.1, -0.05) is 18.2 Å². The Kier molecular flexibility index (Phi) is 4.75. The first-order chi connectivity index (χ1) is 12.4. The summed E-state index contributed by atoms with van der Waals surface area (Å²) in [5, 5.41) is 11.8. The molecule has 2 N–H and O–H groups in total. The van der Waals surface area contributed by atoms with E-state index in [2.05, 4.69) is 5.32 Å². The molecule has 1 atom stereocenters. The molecule has 6 heteroatoms. The van der Waals surface area contributed by atoms with Crippen molar-refractivity contribution in [1.82, 2.24) is 0 Å². The molecule has 2 aromatic carbocycles. The zero-order chi connectivity index (χ0) is 18.8. The summed E-state index contributed by atoms with van der Waals surface area (Å²) in [6.45, 7) is 4.26. The maximum absolute atomic E-state index is 12.5. The molecule has 1 heterocycles. The standard InChI is InChI=1S/C20H20N2O4/c1-12-5-3-8-17(13(12)2)22-11-15(10-18(22)23)19(24)21-16-7-4-6-14(9-16)20(25)26/h3-9,15H,10-11H2,1-2H3,(H,21,24)(H,25,26)/t15-/m1/s1. The van der Waals surface area contributed by atoms with Gasteiger partial charge >= 0.3 is 5.97 Å². The fourth-order valence-electron chi connectivity index (χ4n) is 3.12. The number of carboxylic acid groups (broad SMARTS) is 1. The maximum Gasteiger partial charge on any atom is 0.335 e. The zero-order valence-corrected chi connectivity index (χ0v) is 14.7. The number of hydrogen-bond acceptors (Lipinski definition) is 3. The van der Waals surface area contributed by atoms with Gasteiger partial charge < -0.3 is 15.3 Å². The predicted octanol–water partition coefficient (Wildman–Crippen LogP) is 2.99. The number of carboxylic acids is 1. The lowest BCUT2D eigenvalue weighted by Gasteiger charge is -2.20. The molecule has 0 bridgehead atoms. The molecular weight excluding hydrogens is 332 g/mol. The molecule has 0 radical (unpaired) electrons.